The van der Waals surface area contributed by atoms with Crippen molar-refractivity contribution in [1.29, 1.82) is 0 Å². The molecule has 0 aromatic carbocycles. The van der Waals surface area contributed by atoms with E-state index >= 15 is 0 Å². The third-order valence-electron chi connectivity index (χ3n) is 1.99. The number of nitrogens with zero attached hydrogens (tertiary/aromatic N) is 2. The normalized spacial score (nSPS) is 15.7. The van der Waals surface area contributed by atoms with Gasteiger partial charge in [0.1, 0.15) is 0 Å². The summed E-state index contributed by atoms with van der Waals surface area (Å²) in [5.74, 6) is 0. The standard InChI is InChI=1S/C9H16N2OS/c1-4-11-6-5-10-9(11)13-8(3)7(2)12/h5-8,12H,4H2,1-3H3. The number of imidazole rings is 1. The Morgan fingerprint density at radius 2 is 2.31 bits per heavy atom. The molecule has 0 aliphatic carbocycles. The summed E-state index contributed by atoms with van der Waals surface area (Å²) in [5, 5.41) is 10.5. The lowest BCUT2D eigenvalue weighted by Crippen LogP contribution is -2.15. The summed E-state index contributed by atoms with van der Waals surface area (Å²) in [6, 6.07) is 0. The molecule has 4 heteroatoms. The highest BCUT2D eigenvalue weighted by Gasteiger charge is 2.13. The first-order valence-corrected chi connectivity index (χ1v) is 5.39. The minimum Gasteiger partial charge on any atom is -0.392 e. The Labute approximate surface area is 83.2 Å². The van der Waals surface area contributed by atoms with Gasteiger partial charge in [-0.3, -0.25) is 0 Å². The van der Waals surface area contributed by atoms with Crippen molar-refractivity contribution in [2.75, 3.05) is 0 Å². The van der Waals surface area contributed by atoms with Crippen LogP contribution in [0.5, 0.6) is 0 Å². The molecule has 2 atom stereocenters. The second-order valence-corrected chi connectivity index (χ2v) is 4.40. The third kappa shape index (κ3) is 2.74. The van der Waals surface area contributed by atoms with Gasteiger partial charge in [0.05, 0.1) is 6.10 Å². The van der Waals surface area contributed by atoms with Crippen molar-refractivity contribution in [2.45, 2.75) is 43.8 Å². The Balaban J connectivity index is 2.62. The zero-order chi connectivity index (χ0) is 9.84. The number of aromatic nitrogens is 2. The van der Waals surface area contributed by atoms with Crippen molar-refractivity contribution in [3.05, 3.63) is 12.4 Å². The first kappa shape index (κ1) is 10.6. The van der Waals surface area contributed by atoms with Crippen LogP contribution in [0.25, 0.3) is 0 Å². The largest absolute Gasteiger partial charge is 0.392 e. The highest BCUT2D eigenvalue weighted by atomic mass is 32.2. The molecule has 1 aromatic rings. The Bertz CT molecular complexity index is 260. The van der Waals surface area contributed by atoms with E-state index in [2.05, 4.69) is 16.5 Å². The fraction of sp³-hybridized carbons (Fsp3) is 0.667. The Hall–Kier alpha value is -0.480. The van der Waals surface area contributed by atoms with Gasteiger partial charge in [-0.25, -0.2) is 4.98 Å². The number of hydrogen-bond acceptors (Lipinski definition) is 3. The van der Waals surface area contributed by atoms with Gasteiger partial charge in [-0.2, -0.15) is 0 Å². The highest BCUT2D eigenvalue weighted by molar-refractivity contribution is 7.99. The third-order valence-corrected chi connectivity index (χ3v) is 3.31. The monoisotopic (exact) mass is 200 g/mol. The first-order valence-electron chi connectivity index (χ1n) is 4.51. The summed E-state index contributed by atoms with van der Waals surface area (Å²) in [5.41, 5.74) is 0. The molecule has 0 spiro atoms. The predicted octanol–water partition coefficient (Wildman–Crippen LogP) is 1.76. The van der Waals surface area contributed by atoms with E-state index in [4.69, 9.17) is 0 Å². The molecule has 1 rings (SSSR count). The maximum atomic E-state index is 9.33. The van der Waals surface area contributed by atoms with Crippen LogP contribution in [0, 0.1) is 0 Å². The maximum Gasteiger partial charge on any atom is 0.168 e. The Morgan fingerprint density at radius 1 is 1.62 bits per heavy atom. The number of aliphatic hydroxyl groups is 1. The predicted molar refractivity (Wildman–Crippen MR) is 54.9 cm³/mol. The molecule has 0 saturated heterocycles. The van der Waals surface area contributed by atoms with Crippen LogP contribution in [0.1, 0.15) is 20.8 Å². The summed E-state index contributed by atoms with van der Waals surface area (Å²) in [6.07, 6.45) is 3.45. The van der Waals surface area contributed by atoms with Crippen molar-refractivity contribution < 1.29 is 5.11 Å². The van der Waals surface area contributed by atoms with E-state index in [1.54, 1.807) is 24.9 Å². The minimum atomic E-state index is -0.299. The van der Waals surface area contributed by atoms with Crippen molar-refractivity contribution in [3.8, 4) is 0 Å². The van der Waals surface area contributed by atoms with Crippen LogP contribution in [0.2, 0.25) is 0 Å². The number of aryl methyl sites for hydroxylation is 1. The number of rotatable bonds is 4. The van der Waals surface area contributed by atoms with E-state index in [1.165, 1.54) is 0 Å². The molecule has 1 heterocycles. The van der Waals surface area contributed by atoms with Gasteiger partial charge in [-0.05, 0) is 13.8 Å². The molecule has 0 aliphatic rings. The van der Waals surface area contributed by atoms with Crippen molar-refractivity contribution in [3.63, 3.8) is 0 Å². The zero-order valence-electron chi connectivity index (χ0n) is 8.27. The van der Waals surface area contributed by atoms with Crippen LogP contribution in [-0.4, -0.2) is 26.0 Å². The second kappa shape index (κ2) is 4.67. The van der Waals surface area contributed by atoms with Gasteiger partial charge < -0.3 is 9.67 Å². The molecule has 74 valence electrons. The van der Waals surface area contributed by atoms with Gasteiger partial charge in [0, 0.05) is 24.2 Å². The van der Waals surface area contributed by atoms with Gasteiger partial charge in [0.15, 0.2) is 5.16 Å². The average molecular weight is 200 g/mol. The van der Waals surface area contributed by atoms with Crippen molar-refractivity contribution >= 4 is 11.8 Å². The molecular formula is C9H16N2OS. The van der Waals surface area contributed by atoms with Crippen LogP contribution < -0.4 is 0 Å². The molecular weight excluding hydrogens is 184 g/mol. The van der Waals surface area contributed by atoms with Gasteiger partial charge in [-0.1, -0.05) is 18.7 Å². The minimum absolute atomic E-state index is 0.188. The molecule has 0 radical (unpaired) electrons. The second-order valence-electron chi connectivity index (χ2n) is 3.06. The van der Waals surface area contributed by atoms with Crippen LogP contribution >= 0.6 is 11.8 Å². The van der Waals surface area contributed by atoms with Gasteiger partial charge in [0.2, 0.25) is 0 Å². The van der Waals surface area contributed by atoms with E-state index in [-0.39, 0.29) is 11.4 Å². The van der Waals surface area contributed by atoms with E-state index in [1.807, 2.05) is 13.1 Å². The lowest BCUT2D eigenvalue weighted by Gasteiger charge is -2.13. The van der Waals surface area contributed by atoms with Crippen molar-refractivity contribution in [1.82, 2.24) is 9.55 Å². The van der Waals surface area contributed by atoms with Crippen LogP contribution in [0.4, 0.5) is 0 Å². The number of aliphatic hydroxyl groups excluding tert-OH is 1. The van der Waals surface area contributed by atoms with Gasteiger partial charge in [0.25, 0.3) is 0 Å². The fourth-order valence-corrected chi connectivity index (χ4v) is 1.90. The molecule has 0 bridgehead atoms. The Kier molecular flexibility index (Phi) is 3.81. The molecule has 0 amide bonds. The summed E-state index contributed by atoms with van der Waals surface area (Å²) < 4.78 is 2.07. The van der Waals surface area contributed by atoms with Gasteiger partial charge in [-0.15, -0.1) is 0 Å². The topological polar surface area (TPSA) is 38.0 Å². The molecule has 0 saturated carbocycles. The lowest BCUT2D eigenvalue weighted by molar-refractivity contribution is 0.196. The quantitative estimate of drug-likeness (QED) is 0.753. The van der Waals surface area contributed by atoms with E-state index in [0.717, 1.165) is 11.7 Å². The molecule has 0 fully saturated rings. The van der Waals surface area contributed by atoms with Crippen LogP contribution in [0.15, 0.2) is 17.6 Å². The molecule has 2 unspecified atom stereocenters. The van der Waals surface area contributed by atoms with Gasteiger partial charge >= 0.3 is 0 Å². The summed E-state index contributed by atoms with van der Waals surface area (Å²) >= 11 is 1.61. The first-order chi connectivity index (χ1) is 6.15. The molecule has 0 aliphatic heterocycles. The summed E-state index contributed by atoms with van der Waals surface area (Å²) in [4.78, 5) is 4.22. The van der Waals surface area contributed by atoms with Crippen LogP contribution in [0.3, 0.4) is 0 Å². The molecule has 13 heavy (non-hydrogen) atoms. The lowest BCUT2D eigenvalue weighted by atomic mass is 10.3. The molecule has 1 aromatic heterocycles. The highest BCUT2D eigenvalue weighted by Crippen LogP contribution is 2.23. The van der Waals surface area contributed by atoms with Crippen LogP contribution in [-0.2, 0) is 6.54 Å². The van der Waals surface area contributed by atoms with E-state index in [9.17, 15) is 5.11 Å². The number of thioether (sulfide) groups is 1. The maximum absolute atomic E-state index is 9.33. The van der Waals surface area contributed by atoms with Crippen molar-refractivity contribution in [2.24, 2.45) is 0 Å². The Morgan fingerprint density at radius 3 is 2.85 bits per heavy atom. The molecule has 1 N–H and O–H groups in total. The van der Waals surface area contributed by atoms with E-state index in [0.29, 0.717) is 0 Å². The molecule has 3 nitrogen and oxygen atoms in total. The SMILES string of the molecule is CCn1ccnc1SC(C)C(C)O. The summed E-state index contributed by atoms with van der Waals surface area (Å²) in [7, 11) is 0. The average Bonchev–Trinajstić information content (AvgIpc) is 2.51. The fourth-order valence-electron chi connectivity index (χ4n) is 0.919. The van der Waals surface area contributed by atoms with E-state index < -0.39 is 0 Å². The number of hydrogen-bond donors (Lipinski definition) is 1. The summed E-state index contributed by atoms with van der Waals surface area (Å²) in [6.45, 7) is 6.81. The smallest absolute Gasteiger partial charge is 0.168 e. The zero-order valence-corrected chi connectivity index (χ0v) is 9.08.